The molecule has 1 radical (unpaired) electrons. The molecule has 1 aromatic heterocycles. The number of hydrogen-bond donors (Lipinski definition) is 0. The van der Waals surface area contributed by atoms with Gasteiger partial charge in [-0.2, -0.15) is 0 Å². The summed E-state index contributed by atoms with van der Waals surface area (Å²) in [6.07, 6.45) is 1.93. The second-order valence-electron chi connectivity index (χ2n) is 4.05. The molecular weight excluding hydrogens is 222 g/mol. The van der Waals surface area contributed by atoms with Crippen LogP contribution in [0.2, 0.25) is 0 Å². The van der Waals surface area contributed by atoms with Gasteiger partial charge < -0.3 is 0 Å². The van der Waals surface area contributed by atoms with E-state index in [1.54, 1.807) is 0 Å². The molecule has 0 amide bonds. The van der Waals surface area contributed by atoms with Crippen molar-refractivity contribution in [2.75, 3.05) is 0 Å². The molecule has 0 saturated heterocycles. The van der Waals surface area contributed by atoms with Crippen LogP contribution >= 0.6 is 0 Å². The average molecular weight is 232 g/mol. The first-order chi connectivity index (χ1) is 8.88. The highest BCUT2D eigenvalue weighted by atomic mass is 16.1. The third-order valence-corrected chi connectivity index (χ3v) is 2.91. The van der Waals surface area contributed by atoms with Crippen molar-refractivity contribution in [1.82, 2.24) is 4.98 Å². The van der Waals surface area contributed by atoms with Gasteiger partial charge in [0.1, 0.15) is 5.69 Å². The van der Waals surface area contributed by atoms with Gasteiger partial charge in [0.25, 0.3) is 6.29 Å². The third-order valence-electron chi connectivity index (χ3n) is 2.91. The van der Waals surface area contributed by atoms with E-state index >= 15 is 0 Å². The zero-order valence-electron chi connectivity index (χ0n) is 9.63. The molecule has 2 aromatic carbocycles. The average Bonchev–Trinajstić information content (AvgIpc) is 2.46. The minimum absolute atomic E-state index is 0.361. The van der Waals surface area contributed by atoms with Crippen LogP contribution in [0.5, 0.6) is 0 Å². The predicted molar refractivity (Wildman–Crippen MR) is 72.0 cm³/mol. The molecule has 0 fully saturated rings. The number of nitrogens with zero attached hydrogens (tertiary/aromatic N) is 1. The molecule has 0 atom stereocenters. The molecule has 85 valence electrons. The smallest absolute Gasteiger partial charge is 0.254 e. The zero-order chi connectivity index (χ0) is 12.4. The van der Waals surface area contributed by atoms with Crippen molar-refractivity contribution in [2.45, 2.75) is 0 Å². The maximum Gasteiger partial charge on any atom is 0.254 e. The maximum atomic E-state index is 11.1. The van der Waals surface area contributed by atoms with Crippen LogP contribution < -0.4 is 0 Å². The molecule has 3 aromatic rings. The van der Waals surface area contributed by atoms with Gasteiger partial charge in [-0.1, -0.05) is 48.5 Å². The number of fused-ring (bicyclic) bond motifs is 1. The Morgan fingerprint density at radius 1 is 0.889 bits per heavy atom. The molecule has 2 nitrogen and oxygen atoms in total. The van der Waals surface area contributed by atoms with E-state index in [1.165, 1.54) is 0 Å². The van der Waals surface area contributed by atoms with Crippen LogP contribution in [0.15, 0.2) is 60.7 Å². The van der Waals surface area contributed by atoms with Gasteiger partial charge in [-0.3, -0.25) is 4.79 Å². The highest BCUT2D eigenvalue weighted by molar-refractivity contribution is 5.93. The summed E-state index contributed by atoms with van der Waals surface area (Å²) in [5.41, 5.74) is 2.98. The van der Waals surface area contributed by atoms with Gasteiger partial charge in [0.2, 0.25) is 0 Å². The standard InChI is InChI=1S/C16H10NO/c18-11-16-14(12-6-2-1-3-7-12)10-13-8-4-5-9-15(13)17-16/h1-10H. The zero-order valence-corrected chi connectivity index (χ0v) is 9.63. The van der Waals surface area contributed by atoms with Crippen LogP contribution in [0.4, 0.5) is 0 Å². The largest absolute Gasteiger partial charge is 0.283 e. The second-order valence-corrected chi connectivity index (χ2v) is 4.05. The van der Waals surface area contributed by atoms with E-state index in [0.717, 1.165) is 22.0 Å². The minimum atomic E-state index is 0.361. The Kier molecular flexibility index (Phi) is 2.61. The van der Waals surface area contributed by atoms with Crippen molar-refractivity contribution >= 4 is 17.2 Å². The molecule has 0 aliphatic heterocycles. The number of pyridine rings is 1. The Morgan fingerprint density at radius 3 is 2.39 bits per heavy atom. The van der Waals surface area contributed by atoms with E-state index in [0.29, 0.717) is 5.69 Å². The molecule has 0 aliphatic carbocycles. The summed E-state index contributed by atoms with van der Waals surface area (Å²) < 4.78 is 0. The summed E-state index contributed by atoms with van der Waals surface area (Å²) in [4.78, 5) is 15.4. The monoisotopic (exact) mass is 232 g/mol. The Morgan fingerprint density at radius 2 is 1.61 bits per heavy atom. The molecule has 1 heterocycles. The van der Waals surface area contributed by atoms with Gasteiger partial charge in [-0.05, 0) is 17.7 Å². The van der Waals surface area contributed by atoms with Crippen molar-refractivity contribution < 1.29 is 4.79 Å². The van der Waals surface area contributed by atoms with Crippen molar-refractivity contribution in [1.29, 1.82) is 0 Å². The van der Waals surface area contributed by atoms with Crippen molar-refractivity contribution in [2.24, 2.45) is 0 Å². The van der Waals surface area contributed by atoms with E-state index in [2.05, 4.69) is 4.98 Å². The lowest BCUT2D eigenvalue weighted by Gasteiger charge is -2.06. The van der Waals surface area contributed by atoms with Crippen LogP contribution in [-0.2, 0) is 4.79 Å². The molecule has 18 heavy (non-hydrogen) atoms. The fraction of sp³-hybridized carbons (Fsp3) is 0. The molecule has 0 bridgehead atoms. The highest BCUT2D eigenvalue weighted by Crippen LogP contribution is 2.25. The summed E-state index contributed by atoms with van der Waals surface area (Å²) >= 11 is 0. The number of para-hydroxylation sites is 1. The molecule has 3 rings (SSSR count). The number of hydrogen-bond acceptors (Lipinski definition) is 2. The Hall–Kier alpha value is -2.48. The van der Waals surface area contributed by atoms with E-state index in [1.807, 2.05) is 66.9 Å². The van der Waals surface area contributed by atoms with Crippen LogP contribution in [0, 0.1) is 0 Å². The summed E-state index contributed by atoms with van der Waals surface area (Å²) in [6, 6.07) is 19.5. The Labute approximate surface area is 105 Å². The van der Waals surface area contributed by atoms with Gasteiger partial charge >= 0.3 is 0 Å². The minimum Gasteiger partial charge on any atom is -0.283 e. The van der Waals surface area contributed by atoms with E-state index in [4.69, 9.17) is 0 Å². The van der Waals surface area contributed by atoms with Gasteiger partial charge in [-0.25, -0.2) is 4.98 Å². The fourth-order valence-electron chi connectivity index (χ4n) is 2.03. The van der Waals surface area contributed by atoms with Gasteiger partial charge in [0.15, 0.2) is 0 Å². The number of benzene rings is 2. The first kappa shape index (κ1) is 10.7. The SMILES string of the molecule is O=[C]c1nc2ccccc2cc1-c1ccccc1. The molecule has 0 aliphatic rings. The van der Waals surface area contributed by atoms with Crippen molar-refractivity contribution in [3.63, 3.8) is 0 Å². The van der Waals surface area contributed by atoms with Gasteiger partial charge in [0, 0.05) is 10.9 Å². The van der Waals surface area contributed by atoms with Crippen LogP contribution in [0.25, 0.3) is 22.0 Å². The molecule has 2 heteroatoms. The van der Waals surface area contributed by atoms with Crippen molar-refractivity contribution in [3.8, 4) is 11.1 Å². The normalized spacial score (nSPS) is 10.4. The molecular formula is C16H10NO. The lowest BCUT2D eigenvalue weighted by molar-refractivity contribution is 0.562. The van der Waals surface area contributed by atoms with Crippen LogP contribution in [0.3, 0.4) is 0 Å². The van der Waals surface area contributed by atoms with Gasteiger partial charge in [0.05, 0.1) is 5.52 Å². The molecule has 0 spiro atoms. The molecule has 0 N–H and O–H groups in total. The lowest BCUT2D eigenvalue weighted by Crippen LogP contribution is -1.93. The number of rotatable bonds is 2. The molecule has 0 unspecified atom stereocenters. The first-order valence-corrected chi connectivity index (χ1v) is 5.72. The first-order valence-electron chi connectivity index (χ1n) is 5.72. The quantitative estimate of drug-likeness (QED) is 0.678. The Balaban J connectivity index is 2.31. The van der Waals surface area contributed by atoms with E-state index in [9.17, 15) is 4.79 Å². The topological polar surface area (TPSA) is 30.0 Å². The number of carbonyl (C=O) groups excluding carboxylic acids is 1. The summed E-state index contributed by atoms with van der Waals surface area (Å²) in [5, 5.41) is 1.02. The third kappa shape index (κ3) is 1.78. The molecule has 0 saturated carbocycles. The van der Waals surface area contributed by atoms with E-state index < -0.39 is 0 Å². The summed E-state index contributed by atoms with van der Waals surface area (Å²) in [6.45, 7) is 0. The summed E-state index contributed by atoms with van der Waals surface area (Å²) in [5.74, 6) is 0. The fourth-order valence-corrected chi connectivity index (χ4v) is 2.03. The van der Waals surface area contributed by atoms with Gasteiger partial charge in [-0.15, -0.1) is 0 Å². The lowest BCUT2D eigenvalue weighted by atomic mass is 10.0. The second kappa shape index (κ2) is 4.41. The Bertz CT molecular complexity index is 705. The highest BCUT2D eigenvalue weighted by Gasteiger charge is 2.08. The number of aromatic nitrogens is 1. The summed E-state index contributed by atoms with van der Waals surface area (Å²) in [7, 11) is 0. The maximum absolute atomic E-state index is 11.1. The predicted octanol–water partition coefficient (Wildman–Crippen LogP) is 3.36. The van der Waals surface area contributed by atoms with Crippen LogP contribution in [-0.4, -0.2) is 11.3 Å². The van der Waals surface area contributed by atoms with Crippen molar-refractivity contribution in [3.05, 3.63) is 66.4 Å². The van der Waals surface area contributed by atoms with Crippen LogP contribution in [0.1, 0.15) is 5.69 Å². The van der Waals surface area contributed by atoms with E-state index in [-0.39, 0.29) is 0 Å².